The van der Waals surface area contributed by atoms with Gasteiger partial charge in [0.05, 0.1) is 12.0 Å². The number of carbonyl (C=O) groups is 1. The lowest BCUT2D eigenvalue weighted by molar-refractivity contribution is 0.0945. The molecule has 3 heterocycles. The summed E-state index contributed by atoms with van der Waals surface area (Å²) in [5.74, 6) is 0.478. The molecule has 7 heteroatoms. The van der Waals surface area contributed by atoms with Crippen LogP contribution in [0.25, 0.3) is 5.69 Å². The lowest BCUT2D eigenvalue weighted by Gasteiger charge is -2.22. The van der Waals surface area contributed by atoms with Crippen molar-refractivity contribution in [2.75, 3.05) is 13.1 Å². The molecule has 1 aromatic carbocycles. The Morgan fingerprint density at radius 1 is 1.31 bits per heavy atom. The van der Waals surface area contributed by atoms with E-state index in [-0.39, 0.29) is 11.5 Å². The summed E-state index contributed by atoms with van der Waals surface area (Å²) < 4.78 is 7.41. The van der Waals surface area contributed by atoms with Gasteiger partial charge in [-0.1, -0.05) is 18.2 Å². The van der Waals surface area contributed by atoms with Crippen LogP contribution in [0.2, 0.25) is 0 Å². The van der Waals surface area contributed by atoms with Gasteiger partial charge < -0.3 is 19.6 Å². The van der Waals surface area contributed by atoms with Crippen LogP contribution in [0.4, 0.5) is 0 Å². The van der Waals surface area contributed by atoms with Crippen LogP contribution in [0.15, 0.2) is 58.3 Å². The molecule has 1 aliphatic rings. The number of carbonyl (C=O) groups excluding carboxylic acids is 1. The van der Waals surface area contributed by atoms with Gasteiger partial charge in [-0.05, 0) is 56.1 Å². The maximum absolute atomic E-state index is 12.7. The van der Waals surface area contributed by atoms with Crippen LogP contribution >= 0.6 is 0 Å². The van der Waals surface area contributed by atoms with E-state index in [1.54, 1.807) is 19.4 Å². The van der Waals surface area contributed by atoms with E-state index in [1.165, 1.54) is 0 Å². The lowest BCUT2D eigenvalue weighted by atomic mass is 9.94. The van der Waals surface area contributed by atoms with Gasteiger partial charge in [0.2, 0.25) is 0 Å². The topological polar surface area (TPSA) is 89.2 Å². The van der Waals surface area contributed by atoms with Crippen molar-refractivity contribution in [2.45, 2.75) is 32.2 Å². The summed E-state index contributed by atoms with van der Waals surface area (Å²) in [6.45, 7) is 3.90. The Morgan fingerprint density at radius 2 is 2.10 bits per heavy atom. The van der Waals surface area contributed by atoms with Crippen molar-refractivity contribution in [3.63, 3.8) is 0 Å². The molecular formula is C22H24N4O3. The van der Waals surface area contributed by atoms with Gasteiger partial charge in [-0.15, -0.1) is 0 Å². The molecule has 1 fully saturated rings. The molecule has 7 nitrogen and oxygen atoms in total. The highest BCUT2D eigenvalue weighted by Crippen LogP contribution is 2.25. The van der Waals surface area contributed by atoms with E-state index in [9.17, 15) is 9.59 Å². The number of nitrogens with zero attached hydrogens (tertiary/aromatic N) is 2. The molecule has 1 saturated heterocycles. The maximum atomic E-state index is 12.7. The zero-order valence-corrected chi connectivity index (χ0v) is 16.4. The van der Waals surface area contributed by atoms with E-state index in [0.717, 1.165) is 37.2 Å². The number of benzene rings is 1. The van der Waals surface area contributed by atoms with Gasteiger partial charge in [0, 0.05) is 24.9 Å². The maximum Gasteiger partial charge on any atom is 0.349 e. The van der Waals surface area contributed by atoms with Crippen LogP contribution in [0, 0.1) is 6.92 Å². The molecular weight excluding hydrogens is 368 g/mol. The summed E-state index contributed by atoms with van der Waals surface area (Å²) in [5.41, 5.74) is 2.00. The van der Waals surface area contributed by atoms with Gasteiger partial charge in [0.1, 0.15) is 11.3 Å². The molecule has 4 rings (SSSR count). The van der Waals surface area contributed by atoms with Crippen LogP contribution in [0.1, 0.15) is 46.0 Å². The number of para-hydroxylation sites is 1. The molecule has 150 valence electrons. The van der Waals surface area contributed by atoms with Crippen LogP contribution in [0.3, 0.4) is 0 Å². The van der Waals surface area contributed by atoms with Crippen molar-refractivity contribution in [3.8, 4) is 5.69 Å². The molecule has 0 spiro atoms. The number of hydrogen-bond donors (Lipinski definition) is 2. The monoisotopic (exact) mass is 392 g/mol. The van der Waals surface area contributed by atoms with Crippen LogP contribution in [-0.4, -0.2) is 28.5 Å². The molecule has 3 aromatic rings. The summed E-state index contributed by atoms with van der Waals surface area (Å²) in [6, 6.07) is 9.57. The van der Waals surface area contributed by atoms with Crippen molar-refractivity contribution < 1.29 is 9.21 Å². The Kier molecular flexibility index (Phi) is 5.57. The second kappa shape index (κ2) is 8.45. The average Bonchev–Trinajstić information content (AvgIpc) is 3.27. The lowest BCUT2D eigenvalue weighted by Crippen LogP contribution is -2.31. The van der Waals surface area contributed by atoms with Crippen LogP contribution < -0.4 is 16.3 Å². The summed E-state index contributed by atoms with van der Waals surface area (Å²) in [7, 11) is 0. The summed E-state index contributed by atoms with van der Waals surface area (Å²) in [6.07, 6.45) is 7.11. The predicted octanol–water partition coefficient (Wildman–Crippen LogP) is 2.53. The molecule has 0 radical (unpaired) electrons. The Labute approximate surface area is 168 Å². The highest BCUT2D eigenvalue weighted by atomic mass is 16.4. The minimum absolute atomic E-state index is 0.0720. The van der Waals surface area contributed by atoms with E-state index in [1.807, 2.05) is 41.1 Å². The molecule has 0 unspecified atom stereocenters. The van der Waals surface area contributed by atoms with Crippen LogP contribution in [-0.2, 0) is 6.54 Å². The SMILES string of the molecule is Cc1cc(C2CCNCC2)oc(=O)c1C(=O)NCc1ccccc1-n1ccnc1. The zero-order valence-electron chi connectivity index (χ0n) is 16.4. The average molecular weight is 392 g/mol. The predicted molar refractivity (Wildman–Crippen MR) is 109 cm³/mol. The van der Waals surface area contributed by atoms with E-state index in [0.29, 0.717) is 17.9 Å². The van der Waals surface area contributed by atoms with E-state index in [2.05, 4.69) is 15.6 Å². The van der Waals surface area contributed by atoms with Crippen molar-refractivity contribution >= 4 is 5.91 Å². The first kappa shape index (κ1) is 19.1. The molecule has 1 aliphatic heterocycles. The smallest absolute Gasteiger partial charge is 0.349 e. The summed E-state index contributed by atoms with van der Waals surface area (Å²) >= 11 is 0. The standard InChI is InChI=1S/C22H24N4O3/c1-15-12-19(16-6-8-23-9-7-16)29-22(28)20(15)21(27)25-13-17-4-2-3-5-18(17)26-11-10-24-14-26/h2-5,10-12,14,16,23H,6-9,13H2,1H3,(H,25,27). The largest absolute Gasteiger partial charge is 0.427 e. The van der Waals surface area contributed by atoms with Gasteiger partial charge in [0.25, 0.3) is 5.91 Å². The van der Waals surface area contributed by atoms with E-state index in [4.69, 9.17) is 4.42 Å². The zero-order chi connectivity index (χ0) is 20.2. The normalized spacial score (nSPS) is 14.7. The number of nitrogens with one attached hydrogen (secondary N) is 2. The third-order valence-electron chi connectivity index (χ3n) is 5.35. The first-order chi connectivity index (χ1) is 14.1. The Bertz CT molecular complexity index is 1050. The molecule has 2 aromatic heterocycles. The number of aryl methyl sites for hydroxylation is 1. The Morgan fingerprint density at radius 3 is 2.83 bits per heavy atom. The Hall–Kier alpha value is -3.19. The fraction of sp³-hybridized carbons (Fsp3) is 0.318. The van der Waals surface area contributed by atoms with Crippen molar-refractivity contribution in [1.82, 2.24) is 20.2 Å². The third kappa shape index (κ3) is 4.14. The first-order valence-electron chi connectivity index (χ1n) is 9.83. The highest BCUT2D eigenvalue weighted by Gasteiger charge is 2.22. The fourth-order valence-electron chi connectivity index (χ4n) is 3.79. The molecule has 0 aliphatic carbocycles. The van der Waals surface area contributed by atoms with Crippen LogP contribution in [0.5, 0.6) is 0 Å². The second-order valence-electron chi connectivity index (χ2n) is 7.30. The molecule has 2 N–H and O–H groups in total. The number of piperidine rings is 1. The molecule has 0 atom stereocenters. The third-order valence-corrected chi connectivity index (χ3v) is 5.35. The Balaban J connectivity index is 1.52. The molecule has 0 saturated carbocycles. The quantitative estimate of drug-likeness (QED) is 0.697. The number of hydrogen-bond acceptors (Lipinski definition) is 5. The minimum atomic E-state index is -0.570. The minimum Gasteiger partial charge on any atom is -0.427 e. The van der Waals surface area contributed by atoms with E-state index >= 15 is 0 Å². The number of aromatic nitrogens is 2. The van der Waals surface area contributed by atoms with E-state index < -0.39 is 11.5 Å². The molecule has 29 heavy (non-hydrogen) atoms. The van der Waals surface area contributed by atoms with Crippen molar-refractivity contribution in [2.24, 2.45) is 0 Å². The molecule has 0 bridgehead atoms. The van der Waals surface area contributed by atoms with Gasteiger partial charge in [0.15, 0.2) is 0 Å². The van der Waals surface area contributed by atoms with Crippen molar-refractivity contribution in [3.05, 3.63) is 81.9 Å². The van der Waals surface area contributed by atoms with Crippen molar-refractivity contribution in [1.29, 1.82) is 0 Å². The van der Waals surface area contributed by atoms with Gasteiger partial charge >= 0.3 is 5.63 Å². The van der Waals surface area contributed by atoms with Gasteiger partial charge in [-0.25, -0.2) is 9.78 Å². The molecule has 1 amide bonds. The number of rotatable bonds is 5. The number of imidazole rings is 1. The fourth-order valence-corrected chi connectivity index (χ4v) is 3.79. The summed E-state index contributed by atoms with van der Waals surface area (Å²) in [5, 5.41) is 6.16. The van der Waals surface area contributed by atoms with Gasteiger partial charge in [-0.3, -0.25) is 4.79 Å². The first-order valence-corrected chi connectivity index (χ1v) is 9.83. The second-order valence-corrected chi connectivity index (χ2v) is 7.30. The summed E-state index contributed by atoms with van der Waals surface area (Å²) in [4.78, 5) is 29.4. The number of amides is 1. The van der Waals surface area contributed by atoms with Gasteiger partial charge in [-0.2, -0.15) is 0 Å². The highest BCUT2D eigenvalue weighted by molar-refractivity contribution is 5.95.